The molecular formula is C24H25ClN2O4. The number of pyridine rings is 1. The quantitative estimate of drug-likeness (QED) is 0.491. The van der Waals surface area contributed by atoms with E-state index in [1.165, 1.54) is 0 Å². The summed E-state index contributed by atoms with van der Waals surface area (Å²) in [7, 11) is 3.14. The van der Waals surface area contributed by atoms with Gasteiger partial charge in [-0.1, -0.05) is 11.6 Å². The lowest BCUT2D eigenvalue weighted by atomic mass is 9.91. The number of methoxy groups -OCH3 is 2. The van der Waals surface area contributed by atoms with E-state index in [1.54, 1.807) is 33.5 Å². The zero-order valence-corrected chi connectivity index (χ0v) is 19.0. The van der Waals surface area contributed by atoms with E-state index in [1.807, 2.05) is 25.1 Å². The lowest BCUT2D eigenvalue weighted by Crippen LogP contribution is -2.19. The highest BCUT2D eigenvalue weighted by Crippen LogP contribution is 2.51. The molecule has 0 saturated carbocycles. The molecule has 0 fully saturated rings. The fraction of sp³-hybridized carbons (Fsp3) is 0.333. The molecule has 0 amide bonds. The van der Waals surface area contributed by atoms with E-state index in [0.29, 0.717) is 28.5 Å². The fourth-order valence-electron chi connectivity index (χ4n) is 4.58. The van der Waals surface area contributed by atoms with Crippen LogP contribution in [-0.2, 0) is 11.2 Å². The predicted molar refractivity (Wildman–Crippen MR) is 120 cm³/mol. The van der Waals surface area contributed by atoms with Gasteiger partial charge in [-0.3, -0.25) is 4.98 Å². The van der Waals surface area contributed by atoms with Crippen LogP contribution in [0, 0.1) is 6.92 Å². The van der Waals surface area contributed by atoms with E-state index in [-0.39, 0.29) is 18.6 Å². The highest BCUT2D eigenvalue weighted by molar-refractivity contribution is 6.33. The second kappa shape index (κ2) is 8.27. The Labute approximate surface area is 186 Å². The number of ether oxygens (including phenoxy) is 3. The average molecular weight is 441 g/mol. The van der Waals surface area contributed by atoms with E-state index in [4.69, 9.17) is 25.8 Å². The summed E-state index contributed by atoms with van der Waals surface area (Å²) in [5.41, 5.74) is 5.87. The molecule has 0 radical (unpaired) electrons. The molecule has 1 unspecified atom stereocenters. The van der Waals surface area contributed by atoms with Gasteiger partial charge in [-0.15, -0.1) is 0 Å². The highest BCUT2D eigenvalue weighted by atomic mass is 35.5. The molecule has 1 aromatic carbocycles. The van der Waals surface area contributed by atoms with Gasteiger partial charge in [-0.05, 0) is 56.5 Å². The molecule has 0 N–H and O–H groups in total. The first-order valence-corrected chi connectivity index (χ1v) is 10.6. The van der Waals surface area contributed by atoms with Crippen molar-refractivity contribution in [3.8, 4) is 33.9 Å². The van der Waals surface area contributed by atoms with Crippen LogP contribution in [0.25, 0.3) is 22.4 Å². The molecule has 3 aromatic rings. The number of hydrogen-bond acceptors (Lipinski definition) is 5. The Kier molecular flexibility index (Phi) is 5.67. The van der Waals surface area contributed by atoms with Crippen molar-refractivity contribution in [2.75, 3.05) is 20.8 Å². The van der Waals surface area contributed by atoms with Gasteiger partial charge in [0.2, 0.25) is 0 Å². The van der Waals surface area contributed by atoms with Crippen LogP contribution in [0.3, 0.4) is 0 Å². The molecule has 6 nitrogen and oxygen atoms in total. The Bertz CT molecular complexity index is 1150. The molecule has 7 heteroatoms. The molecule has 0 spiro atoms. The summed E-state index contributed by atoms with van der Waals surface area (Å²) in [5, 5.41) is 0.508. The first-order chi connectivity index (χ1) is 14.9. The number of rotatable bonds is 5. The number of hydrogen-bond donors (Lipinski definition) is 0. The smallest absolute Gasteiger partial charge is 0.340 e. The number of halogens is 1. The van der Waals surface area contributed by atoms with Crippen molar-refractivity contribution >= 4 is 17.6 Å². The molecule has 0 bridgehead atoms. The third kappa shape index (κ3) is 3.26. The SMILES string of the molecule is CCOC(=O)c1c(-c2ccncc2)c(C)n2c1-c1cc(OC)c(OC)c(Cl)c1CC2C. The zero-order chi connectivity index (χ0) is 22.3. The first-order valence-electron chi connectivity index (χ1n) is 10.2. The number of nitrogens with zero attached hydrogens (tertiary/aromatic N) is 2. The molecule has 0 saturated heterocycles. The number of esters is 1. The molecule has 0 aliphatic carbocycles. The van der Waals surface area contributed by atoms with Gasteiger partial charge in [-0.2, -0.15) is 0 Å². The Balaban J connectivity index is 2.12. The highest BCUT2D eigenvalue weighted by Gasteiger charge is 2.36. The van der Waals surface area contributed by atoms with Crippen molar-refractivity contribution in [3.63, 3.8) is 0 Å². The standard InChI is InChI=1S/C24H25ClN2O4/c1-6-31-24(28)20-19(15-7-9-26-10-8-15)14(3)27-13(2)11-16-17(22(20)27)12-18(29-4)23(30-5)21(16)25/h7-10,12-13H,6,11H2,1-5H3. The van der Waals surface area contributed by atoms with Crippen molar-refractivity contribution in [2.45, 2.75) is 33.2 Å². The van der Waals surface area contributed by atoms with Crippen LogP contribution < -0.4 is 9.47 Å². The average Bonchev–Trinajstić information content (AvgIpc) is 3.09. The lowest BCUT2D eigenvalue weighted by molar-refractivity contribution is 0.0528. The van der Waals surface area contributed by atoms with Crippen molar-refractivity contribution < 1.29 is 19.0 Å². The Morgan fingerprint density at radius 2 is 1.97 bits per heavy atom. The summed E-state index contributed by atoms with van der Waals surface area (Å²) >= 11 is 6.76. The van der Waals surface area contributed by atoms with Crippen LogP contribution >= 0.6 is 11.6 Å². The van der Waals surface area contributed by atoms with Crippen LogP contribution in [0.2, 0.25) is 5.02 Å². The molecule has 162 valence electrons. The maximum Gasteiger partial charge on any atom is 0.340 e. The van der Waals surface area contributed by atoms with Crippen LogP contribution in [0.1, 0.15) is 41.5 Å². The van der Waals surface area contributed by atoms with E-state index in [9.17, 15) is 4.79 Å². The molecule has 31 heavy (non-hydrogen) atoms. The summed E-state index contributed by atoms with van der Waals surface area (Å²) in [6, 6.07) is 5.80. The van der Waals surface area contributed by atoms with Crippen molar-refractivity contribution in [3.05, 3.63) is 52.4 Å². The second-order valence-corrected chi connectivity index (χ2v) is 7.89. The van der Waals surface area contributed by atoms with Gasteiger partial charge in [0, 0.05) is 35.3 Å². The summed E-state index contributed by atoms with van der Waals surface area (Å²) in [4.78, 5) is 17.4. The minimum Gasteiger partial charge on any atom is -0.493 e. The predicted octanol–water partition coefficient (Wildman–Crippen LogP) is 5.49. The number of carbonyl (C=O) groups is 1. The first kappa shape index (κ1) is 21.2. The summed E-state index contributed by atoms with van der Waals surface area (Å²) in [6.45, 7) is 6.25. The summed E-state index contributed by atoms with van der Waals surface area (Å²) in [5.74, 6) is 0.655. The molecular weight excluding hydrogens is 416 g/mol. The van der Waals surface area contributed by atoms with E-state index >= 15 is 0 Å². The normalized spacial score (nSPS) is 14.6. The molecule has 1 atom stereocenters. The Morgan fingerprint density at radius 3 is 2.58 bits per heavy atom. The van der Waals surface area contributed by atoms with Crippen molar-refractivity contribution in [1.29, 1.82) is 0 Å². The van der Waals surface area contributed by atoms with Gasteiger partial charge in [-0.25, -0.2) is 4.79 Å². The second-order valence-electron chi connectivity index (χ2n) is 7.52. The van der Waals surface area contributed by atoms with Gasteiger partial charge in [0.05, 0.1) is 37.1 Å². The summed E-state index contributed by atoms with van der Waals surface area (Å²) < 4.78 is 18.8. The van der Waals surface area contributed by atoms with Crippen molar-refractivity contribution in [1.82, 2.24) is 9.55 Å². The van der Waals surface area contributed by atoms with Crippen LogP contribution in [-0.4, -0.2) is 36.3 Å². The van der Waals surface area contributed by atoms with E-state index in [0.717, 1.165) is 33.6 Å². The van der Waals surface area contributed by atoms with E-state index in [2.05, 4.69) is 16.5 Å². The molecule has 2 aromatic heterocycles. The fourth-order valence-corrected chi connectivity index (χ4v) is 4.93. The van der Waals surface area contributed by atoms with Crippen LogP contribution in [0.15, 0.2) is 30.6 Å². The summed E-state index contributed by atoms with van der Waals surface area (Å²) in [6.07, 6.45) is 4.15. The largest absolute Gasteiger partial charge is 0.493 e. The number of fused-ring (bicyclic) bond motifs is 3. The van der Waals surface area contributed by atoms with Gasteiger partial charge in [0.15, 0.2) is 11.5 Å². The number of carbonyl (C=O) groups excluding carboxylic acids is 1. The van der Waals surface area contributed by atoms with Crippen molar-refractivity contribution in [2.24, 2.45) is 0 Å². The molecule has 1 aliphatic rings. The lowest BCUT2D eigenvalue weighted by Gasteiger charge is -2.29. The maximum absolute atomic E-state index is 13.3. The third-order valence-electron chi connectivity index (χ3n) is 5.81. The minimum atomic E-state index is -0.364. The van der Waals surface area contributed by atoms with Gasteiger partial charge in [0.1, 0.15) is 0 Å². The topological polar surface area (TPSA) is 62.6 Å². The maximum atomic E-state index is 13.3. The third-order valence-corrected chi connectivity index (χ3v) is 6.21. The van der Waals surface area contributed by atoms with E-state index < -0.39 is 0 Å². The van der Waals surface area contributed by atoms with Gasteiger partial charge in [0.25, 0.3) is 0 Å². The van der Waals surface area contributed by atoms with Gasteiger partial charge >= 0.3 is 5.97 Å². The van der Waals surface area contributed by atoms with Crippen LogP contribution in [0.5, 0.6) is 11.5 Å². The number of benzene rings is 1. The Hall–Kier alpha value is -2.99. The minimum absolute atomic E-state index is 0.0851. The molecule has 3 heterocycles. The number of aromatic nitrogens is 2. The molecule has 4 rings (SSSR count). The Morgan fingerprint density at radius 1 is 1.26 bits per heavy atom. The molecule has 1 aliphatic heterocycles. The van der Waals surface area contributed by atoms with Gasteiger partial charge < -0.3 is 18.8 Å². The van der Waals surface area contributed by atoms with Crippen LogP contribution in [0.4, 0.5) is 0 Å². The monoisotopic (exact) mass is 440 g/mol. The zero-order valence-electron chi connectivity index (χ0n) is 18.3.